The van der Waals surface area contributed by atoms with Crippen LogP contribution in [0.2, 0.25) is 0 Å². The van der Waals surface area contributed by atoms with Crippen molar-refractivity contribution < 1.29 is 19.3 Å². The van der Waals surface area contributed by atoms with E-state index in [-0.39, 0.29) is 24.0 Å². The zero-order chi connectivity index (χ0) is 27.1. The molecule has 3 heterocycles. The van der Waals surface area contributed by atoms with Crippen molar-refractivity contribution in [3.8, 4) is 0 Å². The largest absolute Gasteiger partial charge is 0.271 e. The second kappa shape index (κ2) is 9.56. The number of hydrogen-bond acceptors (Lipinski definition) is 9. The van der Waals surface area contributed by atoms with Crippen LogP contribution < -0.4 is 4.90 Å². The molecule has 39 heavy (non-hydrogen) atoms. The summed E-state index contributed by atoms with van der Waals surface area (Å²) in [6.45, 7) is -0.313. The Kier molecular flexibility index (Phi) is 5.91. The predicted octanol–water partition coefficient (Wildman–Crippen LogP) is 3.27. The quantitative estimate of drug-likeness (QED) is 0.276. The summed E-state index contributed by atoms with van der Waals surface area (Å²) >= 11 is 0. The molecule has 6 rings (SSSR count). The summed E-state index contributed by atoms with van der Waals surface area (Å²) in [7, 11) is 0. The molecule has 0 bridgehead atoms. The van der Waals surface area contributed by atoms with Crippen LogP contribution >= 0.6 is 0 Å². The zero-order valence-corrected chi connectivity index (χ0v) is 20.4. The number of amides is 3. The highest BCUT2D eigenvalue weighted by Gasteiger charge is 2.55. The Morgan fingerprint density at radius 3 is 2.26 bits per heavy atom. The van der Waals surface area contributed by atoms with E-state index < -0.39 is 34.7 Å². The molecular weight excluding hydrogens is 502 g/mol. The second-order valence-electron chi connectivity index (χ2n) is 9.26. The Hall–Kier alpha value is -5.26. The third kappa shape index (κ3) is 4.21. The number of hydrogen-bond donors (Lipinski definition) is 0. The van der Waals surface area contributed by atoms with Gasteiger partial charge in [0.2, 0.25) is 0 Å². The van der Waals surface area contributed by atoms with E-state index in [9.17, 15) is 24.5 Å². The summed E-state index contributed by atoms with van der Waals surface area (Å²) in [5.74, 6) is -1.61. The first-order chi connectivity index (χ1) is 18.9. The molecule has 3 aliphatic heterocycles. The van der Waals surface area contributed by atoms with Crippen LogP contribution in [0.25, 0.3) is 0 Å². The minimum Gasteiger partial charge on any atom is -0.271 e. The van der Waals surface area contributed by atoms with Gasteiger partial charge in [0.15, 0.2) is 12.1 Å². The highest BCUT2D eigenvalue weighted by atomic mass is 16.6. The van der Waals surface area contributed by atoms with Gasteiger partial charge in [0.25, 0.3) is 23.4 Å². The Morgan fingerprint density at radius 2 is 1.59 bits per heavy atom. The number of nitrogens with zero attached hydrogens (tertiary/aromatic N) is 7. The summed E-state index contributed by atoms with van der Waals surface area (Å²) in [6, 6.07) is 21.7. The molecule has 3 atom stereocenters. The van der Waals surface area contributed by atoms with Gasteiger partial charge in [-0.2, -0.15) is 10.2 Å². The van der Waals surface area contributed by atoms with E-state index >= 15 is 0 Å². The van der Waals surface area contributed by atoms with Crippen LogP contribution in [0, 0.1) is 10.1 Å². The maximum Gasteiger partial charge on any atom is 0.269 e. The van der Waals surface area contributed by atoms with Crippen LogP contribution in [-0.2, 0) is 14.4 Å². The van der Waals surface area contributed by atoms with Crippen LogP contribution in [0.3, 0.4) is 0 Å². The first kappa shape index (κ1) is 24.1. The lowest BCUT2D eigenvalue weighted by Crippen LogP contribution is -2.44. The average Bonchev–Trinajstić information content (AvgIpc) is 3.65. The van der Waals surface area contributed by atoms with Crippen molar-refractivity contribution in [2.24, 2.45) is 15.4 Å². The highest BCUT2D eigenvalue weighted by Crippen LogP contribution is 2.35. The number of imide groups is 1. The lowest BCUT2D eigenvalue weighted by Gasteiger charge is -2.25. The van der Waals surface area contributed by atoms with Gasteiger partial charge in [-0.1, -0.05) is 65.9 Å². The Labute approximate surface area is 222 Å². The molecule has 0 saturated carbocycles. The van der Waals surface area contributed by atoms with Gasteiger partial charge >= 0.3 is 0 Å². The molecule has 3 aliphatic rings. The molecule has 0 aliphatic carbocycles. The van der Waals surface area contributed by atoms with E-state index in [1.807, 2.05) is 60.7 Å². The fraction of sp³-hybridized carbons (Fsp3) is 0.185. The lowest BCUT2D eigenvalue weighted by molar-refractivity contribution is -0.384. The summed E-state index contributed by atoms with van der Waals surface area (Å²) in [6.07, 6.45) is 0.513. The maximum atomic E-state index is 13.6. The van der Waals surface area contributed by atoms with Gasteiger partial charge < -0.3 is 0 Å². The topological polar surface area (TPSA) is 141 Å². The molecule has 0 radical (unpaired) electrons. The first-order valence-corrected chi connectivity index (χ1v) is 12.2. The van der Waals surface area contributed by atoms with E-state index in [1.54, 1.807) is 0 Å². The number of benzene rings is 3. The number of nitro benzene ring substituents is 1. The Morgan fingerprint density at radius 1 is 0.923 bits per heavy atom. The summed E-state index contributed by atoms with van der Waals surface area (Å²) in [4.78, 5) is 51.3. The van der Waals surface area contributed by atoms with E-state index in [0.717, 1.165) is 21.7 Å². The first-order valence-electron chi connectivity index (χ1n) is 12.2. The van der Waals surface area contributed by atoms with Gasteiger partial charge in [0, 0.05) is 18.6 Å². The van der Waals surface area contributed by atoms with Crippen molar-refractivity contribution in [3.05, 3.63) is 106 Å². The number of carbonyl (C=O) groups is 3. The fourth-order valence-electron chi connectivity index (χ4n) is 5.02. The van der Waals surface area contributed by atoms with Crippen LogP contribution in [0.5, 0.6) is 0 Å². The van der Waals surface area contributed by atoms with Gasteiger partial charge in [-0.3, -0.25) is 29.5 Å². The molecule has 0 unspecified atom stereocenters. The monoisotopic (exact) mass is 523 g/mol. The van der Waals surface area contributed by atoms with Crippen molar-refractivity contribution in [3.63, 3.8) is 0 Å². The SMILES string of the molecule is O=C1[C@H]2N=NN(CC(=O)N3N=C(c4ccccc4)C[C@H]3c3ccccc3)[C@H]2C(=O)N1c1ccc([N+](=O)[O-])cc1. The number of non-ortho nitro benzene ring substituents is 1. The molecule has 12 nitrogen and oxygen atoms in total. The van der Waals surface area contributed by atoms with Crippen LogP contribution in [0.4, 0.5) is 11.4 Å². The molecule has 194 valence electrons. The van der Waals surface area contributed by atoms with Crippen LogP contribution in [0.1, 0.15) is 23.6 Å². The number of carbonyl (C=O) groups excluding carboxylic acids is 3. The van der Waals surface area contributed by atoms with E-state index in [2.05, 4.69) is 15.4 Å². The average molecular weight is 524 g/mol. The number of hydrazone groups is 1. The minimum absolute atomic E-state index is 0.168. The van der Waals surface area contributed by atoms with Crippen molar-refractivity contribution in [1.29, 1.82) is 0 Å². The lowest BCUT2D eigenvalue weighted by atomic mass is 9.98. The molecule has 3 aromatic carbocycles. The van der Waals surface area contributed by atoms with Gasteiger partial charge in [-0.05, 0) is 23.3 Å². The van der Waals surface area contributed by atoms with Crippen LogP contribution in [-0.4, -0.2) is 57.0 Å². The molecule has 1 fully saturated rings. The third-order valence-corrected chi connectivity index (χ3v) is 6.93. The van der Waals surface area contributed by atoms with Crippen molar-refractivity contribution in [2.75, 3.05) is 11.4 Å². The molecule has 12 heteroatoms. The number of nitro groups is 1. The smallest absolute Gasteiger partial charge is 0.269 e. The predicted molar refractivity (Wildman–Crippen MR) is 138 cm³/mol. The molecule has 3 aromatic rings. The van der Waals surface area contributed by atoms with Gasteiger partial charge in [0.1, 0.15) is 6.54 Å². The van der Waals surface area contributed by atoms with Crippen molar-refractivity contribution in [2.45, 2.75) is 24.5 Å². The second-order valence-corrected chi connectivity index (χ2v) is 9.26. The van der Waals surface area contributed by atoms with Gasteiger partial charge in [-0.25, -0.2) is 9.91 Å². The van der Waals surface area contributed by atoms with E-state index in [1.165, 1.54) is 34.3 Å². The van der Waals surface area contributed by atoms with Crippen molar-refractivity contribution >= 4 is 34.8 Å². The van der Waals surface area contributed by atoms with Gasteiger partial charge in [0.05, 0.1) is 22.4 Å². The molecule has 0 N–H and O–H groups in total. The molecule has 1 saturated heterocycles. The van der Waals surface area contributed by atoms with E-state index in [0.29, 0.717) is 6.42 Å². The summed E-state index contributed by atoms with van der Waals surface area (Å²) in [5, 5.41) is 26.2. The van der Waals surface area contributed by atoms with Crippen LogP contribution in [0.15, 0.2) is 100 Å². The number of fused-ring (bicyclic) bond motifs is 1. The Bertz CT molecular complexity index is 1530. The Balaban J connectivity index is 1.24. The molecule has 0 aromatic heterocycles. The standard InChI is InChI=1S/C27H21N7O5/c35-23(33-22(18-9-5-2-6-10-18)15-21(29-33)17-7-3-1-4-8-17)16-31-25-24(28-30-31)26(36)32(27(25)37)19-11-13-20(14-12-19)34(38)39/h1-14,22,24-25H,15-16H2/t22-,24-,25+/m0/s1. The fourth-order valence-corrected chi connectivity index (χ4v) is 5.02. The summed E-state index contributed by atoms with van der Waals surface area (Å²) < 4.78 is 0. The minimum atomic E-state index is -1.10. The molecule has 3 amide bonds. The normalized spacial score (nSPS) is 21.9. The number of anilines is 1. The third-order valence-electron chi connectivity index (χ3n) is 6.93. The maximum absolute atomic E-state index is 13.6. The van der Waals surface area contributed by atoms with E-state index in [4.69, 9.17) is 0 Å². The zero-order valence-electron chi connectivity index (χ0n) is 20.4. The number of rotatable bonds is 6. The highest BCUT2D eigenvalue weighted by molar-refractivity contribution is 6.25. The summed E-state index contributed by atoms with van der Waals surface area (Å²) in [5.41, 5.74) is 2.60. The van der Waals surface area contributed by atoms with Gasteiger partial charge in [-0.15, -0.1) is 0 Å². The molecular formula is C27H21N7O5. The van der Waals surface area contributed by atoms with Crippen molar-refractivity contribution in [1.82, 2.24) is 10.0 Å². The molecule has 0 spiro atoms.